The Morgan fingerprint density at radius 3 is 2.76 bits per heavy atom. The van der Waals surface area contributed by atoms with E-state index in [1.807, 2.05) is 18.2 Å². The molecule has 3 rings (SSSR count). The Labute approximate surface area is 124 Å². The molecule has 1 N–H and O–H groups in total. The van der Waals surface area contributed by atoms with E-state index in [1.54, 1.807) is 14.2 Å². The molecule has 1 aromatic carbocycles. The van der Waals surface area contributed by atoms with Crippen LogP contribution in [-0.4, -0.2) is 42.3 Å². The van der Waals surface area contributed by atoms with Crippen molar-refractivity contribution in [1.29, 1.82) is 0 Å². The van der Waals surface area contributed by atoms with Crippen LogP contribution in [-0.2, 0) is 11.3 Å². The highest BCUT2D eigenvalue weighted by Crippen LogP contribution is 2.43. The van der Waals surface area contributed by atoms with Crippen LogP contribution in [0.4, 0.5) is 0 Å². The molecule has 0 aromatic heterocycles. The summed E-state index contributed by atoms with van der Waals surface area (Å²) in [4.78, 5) is 13.7. The molecular weight excluding hydrogens is 270 g/mol. The van der Waals surface area contributed by atoms with E-state index in [-0.39, 0.29) is 12.0 Å². The molecule has 3 atom stereocenters. The van der Waals surface area contributed by atoms with Crippen molar-refractivity contribution in [1.82, 2.24) is 4.90 Å². The number of hydrogen-bond donors (Lipinski definition) is 1. The number of carboxylic acids is 1. The highest BCUT2D eigenvalue weighted by molar-refractivity contribution is 5.71. The fourth-order valence-electron chi connectivity index (χ4n) is 3.79. The van der Waals surface area contributed by atoms with Gasteiger partial charge in [0.15, 0.2) is 0 Å². The van der Waals surface area contributed by atoms with Gasteiger partial charge < -0.3 is 14.6 Å². The van der Waals surface area contributed by atoms with Crippen molar-refractivity contribution in [3.63, 3.8) is 0 Å². The van der Waals surface area contributed by atoms with Gasteiger partial charge in [-0.1, -0.05) is 6.07 Å². The maximum absolute atomic E-state index is 11.3. The fraction of sp³-hybridized carbons (Fsp3) is 0.562. The molecule has 0 amide bonds. The number of carboxylic acid groups (broad SMARTS) is 1. The van der Waals surface area contributed by atoms with E-state index in [9.17, 15) is 9.90 Å². The average Bonchev–Trinajstić information content (AvgIpc) is 3.04. The van der Waals surface area contributed by atoms with Gasteiger partial charge >= 0.3 is 5.97 Å². The molecule has 0 spiro atoms. The fourth-order valence-corrected chi connectivity index (χ4v) is 3.79. The molecule has 2 fully saturated rings. The van der Waals surface area contributed by atoms with Crippen molar-refractivity contribution in [3.8, 4) is 11.5 Å². The predicted octanol–water partition coefficient (Wildman–Crippen LogP) is 2.14. The summed E-state index contributed by atoms with van der Waals surface area (Å²) in [5.41, 5.74) is 1.08. The van der Waals surface area contributed by atoms with Gasteiger partial charge in [0.05, 0.1) is 20.1 Å². The van der Waals surface area contributed by atoms with E-state index in [4.69, 9.17) is 9.47 Å². The van der Waals surface area contributed by atoms with Crippen molar-refractivity contribution < 1.29 is 19.4 Å². The lowest BCUT2D eigenvalue weighted by atomic mass is 9.89. The van der Waals surface area contributed by atoms with Crippen LogP contribution in [0, 0.1) is 5.92 Å². The number of rotatable bonds is 5. The van der Waals surface area contributed by atoms with Gasteiger partial charge in [-0.25, -0.2) is 0 Å². The van der Waals surface area contributed by atoms with Gasteiger partial charge in [-0.15, -0.1) is 0 Å². The van der Waals surface area contributed by atoms with Crippen molar-refractivity contribution in [2.24, 2.45) is 5.92 Å². The third-order valence-electron chi connectivity index (χ3n) is 4.85. The van der Waals surface area contributed by atoms with Gasteiger partial charge in [-0.2, -0.15) is 0 Å². The highest BCUT2D eigenvalue weighted by atomic mass is 16.5. The van der Waals surface area contributed by atoms with Crippen LogP contribution < -0.4 is 9.47 Å². The lowest BCUT2D eigenvalue weighted by Crippen LogP contribution is -2.32. The van der Waals surface area contributed by atoms with Gasteiger partial charge in [0.2, 0.25) is 0 Å². The van der Waals surface area contributed by atoms with Crippen LogP contribution >= 0.6 is 0 Å². The molecule has 2 heterocycles. The zero-order chi connectivity index (χ0) is 15.0. The summed E-state index contributed by atoms with van der Waals surface area (Å²) >= 11 is 0. The maximum atomic E-state index is 11.3. The van der Waals surface area contributed by atoms with E-state index in [1.165, 1.54) is 0 Å². The van der Waals surface area contributed by atoms with Gasteiger partial charge in [-0.05, 0) is 25.3 Å². The van der Waals surface area contributed by atoms with Gasteiger partial charge in [0.1, 0.15) is 11.5 Å². The number of fused-ring (bicyclic) bond motifs is 2. The van der Waals surface area contributed by atoms with Crippen molar-refractivity contribution >= 4 is 5.97 Å². The normalized spacial score (nSPS) is 27.8. The number of aliphatic carboxylic acids is 1. The van der Waals surface area contributed by atoms with Crippen LogP contribution in [0.1, 0.15) is 24.8 Å². The molecule has 114 valence electrons. The molecule has 5 heteroatoms. The first-order valence-corrected chi connectivity index (χ1v) is 7.33. The van der Waals surface area contributed by atoms with Crippen LogP contribution in [0.25, 0.3) is 0 Å². The summed E-state index contributed by atoms with van der Waals surface area (Å²) in [6.07, 6.45) is 2.87. The Morgan fingerprint density at radius 2 is 2.14 bits per heavy atom. The highest BCUT2D eigenvalue weighted by Gasteiger charge is 2.49. The van der Waals surface area contributed by atoms with Crippen molar-refractivity contribution in [3.05, 3.63) is 23.8 Å². The van der Waals surface area contributed by atoms with Gasteiger partial charge in [0.25, 0.3) is 0 Å². The molecule has 0 saturated carbocycles. The summed E-state index contributed by atoms with van der Waals surface area (Å²) in [5, 5.41) is 9.32. The first-order chi connectivity index (χ1) is 10.1. The summed E-state index contributed by atoms with van der Waals surface area (Å²) in [6.45, 7) is 0.742. The number of methoxy groups -OCH3 is 2. The third kappa shape index (κ3) is 2.46. The van der Waals surface area contributed by atoms with Crippen LogP contribution in [0.5, 0.6) is 11.5 Å². The molecule has 0 aliphatic carbocycles. The quantitative estimate of drug-likeness (QED) is 0.900. The van der Waals surface area contributed by atoms with E-state index >= 15 is 0 Å². The zero-order valence-corrected chi connectivity index (χ0v) is 12.4. The number of ether oxygens (including phenoxy) is 2. The SMILES string of the molecule is COc1ccc(CN2C3CCC2C(C(=O)O)C3)c(OC)c1. The Bertz CT molecular complexity index is 545. The summed E-state index contributed by atoms with van der Waals surface area (Å²) < 4.78 is 10.7. The Morgan fingerprint density at radius 1 is 1.33 bits per heavy atom. The topological polar surface area (TPSA) is 59.0 Å². The molecule has 2 bridgehead atoms. The van der Waals surface area contributed by atoms with E-state index < -0.39 is 5.97 Å². The number of hydrogen-bond acceptors (Lipinski definition) is 4. The smallest absolute Gasteiger partial charge is 0.308 e. The minimum Gasteiger partial charge on any atom is -0.497 e. The van der Waals surface area contributed by atoms with Crippen LogP contribution in [0.3, 0.4) is 0 Å². The standard InChI is InChI=1S/C16H21NO4/c1-20-12-5-3-10(15(8-12)21-2)9-17-11-4-6-14(17)13(7-11)16(18)19/h3,5,8,11,13-14H,4,6-7,9H2,1-2H3,(H,18,19). The molecule has 1 aromatic rings. The van der Waals surface area contributed by atoms with Gasteiger partial charge in [0, 0.05) is 30.3 Å². The summed E-state index contributed by atoms with van der Waals surface area (Å²) in [7, 11) is 3.28. The largest absolute Gasteiger partial charge is 0.497 e. The van der Waals surface area contributed by atoms with E-state index in [0.717, 1.165) is 42.9 Å². The molecule has 21 heavy (non-hydrogen) atoms. The molecule has 2 aliphatic heterocycles. The average molecular weight is 291 g/mol. The first-order valence-electron chi connectivity index (χ1n) is 7.33. The lowest BCUT2D eigenvalue weighted by molar-refractivity contribution is -0.142. The zero-order valence-electron chi connectivity index (χ0n) is 12.4. The lowest BCUT2D eigenvalue weighted by Gasteiger charge is -2.23. The molecular formula is C16H21NO4. The summed E-state index contributed by atoms with van der Waals surface area (Å²) in [5.74, 6) is 0.692. The molecule has 2 aliphatic rings. The minimum atomic E-state index is -0.658. The van der Waals surface area contributed by atoms with Gasteiger partial charge in [-0.3, -0.25) is 9.69 Å². The van der Waals surface area contributed by atoms with E-state index in [2.05, 4.69) is 4.90 Å². The second kappa shape index (κ2) is 5.56. The summed E-state index contributed by atoms with van der Waals surface area (Å²) in [6, 6.07) is 6.36. The third-order valence-corrected chi connectivity index (χ3v) is 4.85. The number of carbonyl (C=O) groups is 1. The maximum Gasteiger partial charge on any atom is 0.308 e. The van der Waals surface area contributed by atoms with E-state index in [0.29, 0.717) is 6.04 Å². The number of nitrogens with zero attached hydrogens (tertiary/aromatic N) is 1. The Kier molecular flexibility index (Phi) is 3.76. The molecule has 5 nitrogen and oxygen atoms in total. The minimum absolute atomic E-state index is 0.166. The van der Waals surface area contributed by atoms with Crippen LogP contribution in [0.2, 0.25) is 0 Å². The predicted molar refractivity (Wildman–Crippen MR) is 77.6 cm³/mol. The van der Waals surface area contributed by atoms with Crippen LogP contribution in [0.15, 0.2) is 18.2 Å². The Balaban J connectivity index is 1.80. The monoisotopic (exact) mass is 291 g/mol. The number of benzene rings is 1. The first kappa shape index (κ1) is 14.2. The molecule has 3 unspecified atom stereocenters. The van der Waals surface area contributed by atoms with Crippen molar-refractivity contribution in [2.75, 3.05) is 14.2 Å². The second-order valence-corrected chi connectivity index (χ2v) is 5.83. The van der Waals surface area contributed by atoms with Crippen molar-refractivity contribution in [2.45, 2.75) is 37.9 Å². The Hall–Kier alpha value is -1.75. The molecule has 0 radical (unpaired) electrons. The second-order valence-electron chi connectivity index (χ2n) is 5.83. The molecule has 2 saturated heterocycles.